The number of nitrogens with zero attached hydrogens (tertiary/aromatic N) is 2. The largest absolute Gasteiger partial charge is 0.365 e. The van der Waals surface area contributed by atoms with E-state index in [2.05, 4.69) is 10.4 Å². The molecule has 0 aliphatic carbocycles. The predicted molar refractivity (Wildman–Crippen MR) is 101 cm³/mol. The number of fused-ring (bicyclic) bond motifs is 1. The molecule has 1 N–H and O–H groups in total. The molecule has 4 rings (SSSR count). The van der Waals surface area contributed by atoms with Gasteiger partial charge >= 0.3 is 0 Å². The first-order chi connectivity index (χ1) is 12.6. The average molecular weight is 388 g/mol. The van der Waals surface area contributed by atoms with Crippen molar-refractivity contribution in [2.24, 2.45) is 0 Å². The normalized spacial score (nSPS) is 16.2. The minimum Gasteiger partial charge on any atom is -0.365 e. The molecule has 0 radical (unpaired) electrons. The van der Waals surface area contributed by atoms with Crippen LogP contribution < -0.4 is 5.32 Å². The monoisotopic (exact) mass is 387 g/mol. The number of amides is 1. The number of anilines is 1. The maximum atomic E-state index is 12.4. The quantitative estimate of drug-likeness (QED) is 0.707. The van der Waals surface area contributed by atoms with E-state index in [-0.39, 0.29) is 12.0 Å². The summed E-state index contributed by atoms with van der Waals surface area (Å²) in [5.74, 6) is -0.266. The van der Waals surface area contributed by atoms with Gasteiger partial charge < -0.3 is 10.1 Å². The van der Waals surface area contributed by atoms with Crippen LogP contribution in [0.1, 0.15) is 27.8 Å². The van der Waals surface area contributed by atoms with Crippen molar-refractivity contribution in [2.45, 2.75) is 19.3 Å². The summed E-state index contributed by atoms with van der Waals surface area (Å²) < 4.78 is 7.72. The highest BCUT2D eigenvalue weighted by atomic mass is 35.5. The van der Waals surface area contributed by atoms with Crippen LogP contribution in [0.15, 0.2) is 54.6 Å². The lowest BCUT2D eigenvalue weighted by molar-refractivity contribution is -0.00118. The highest BCUT2D eigenvalue weighted by Crippen LogP contribution is 2.27. The van der Waals surface area contributed by atoms with Gasteiger partial charge in [0.05, 0.1) is 18.8 Å². The number of hydrogen-bond donors (Lipinski definition) is 1. The van der Waals surface area contributed by atoms with Gasteiger partial charge in [-0.15, -0.1) is 0 Å². The molecule has 1 atom stereocenters. The predicted octanol–water partition coefficient (Wildman–Crippen LogP) is 4.71. The van der Waals surface area contributed by atoms with Crippen molar-refractivity contribution in [3.8, 4) is 0 Å². The highest BCUT2D eigenvalue weighted by molar-refractivity contribution is 6.30. The van der Waals surface area contributed by atoms with Gasteiger partial charge in [-0.2, -0.15) is 5.10 Å². The Morgan fingerprint density at radius 3 is 2.42 bits per heavy atom. The number of carbonyl (C=O) groups is 1. The van der Waals surface area contributed by atoms with Gasteiger partial charge in [0.2, 0.25) is 0 Å². The fourth-order valence-electron chi connectivity index (χ4n) is 2.84. The molecule has 26 heavy (non-hydrogen) atoms. The van der Waals surface area contributed by atoms with Gasteiger partial charge in [0.1, 0.15) is 6.10 Å². The molecule has 1 aliphatic heterocycles. The van der Waals surface area contributed by atoms with Crippen molar-refractivity contribution in [3.05, 3.63) is 81.6 Å². The Morgan fingerprint density at radius 1 is 1.08 bits per heavy atom. The summed E-state index contributed by atoms with van der Waals surface area (Å²) in [5.41, 5.74) is 2.93. The summed E-state index contributed by atoms with van der Waals surface area (Å²) in [5, 5.41) is 8.55. The Bertz CT molecular complexity index is 936. The number of rotatable bonds is 3. The molecule has 7 heteroatoms. The van der Waals surface area contributed by atoms with Crippen molar-refractivity contribution < 1.29 is 9.53 Å². The number of ether oxygens (including phenoxy) is 1. The van der Waals surface area contributed by atoms with Crippen LogP contribution in [0.4, 0.5) is 5.69 Å². The molecule has 0 fully saturated rings. The summed E-state index contributed by atoms with van der Waals surface area (Å²) in [7, 11) is 0. The number of carbonyl (C=O) groups excluding carboxylic acids is 1. The molecule has 1 aliphatic rings. The second-order valence-corrected chi connectivity index (χ2v) is 6.89. The molecule has 1 amide bonds. The van der Waals surface area contributed by atoms with Crippen LogP contribution in [0.2, 0.25) is 10.0 Å². The maximum Gasteiger partial charge on any atom is 0.276 e. The minimum atomic E-state index is -0.266. The molecule has 0 spiro atoms. The SMILES string of the molecule is O=C(Nc1ccc(Cl)cc1)c1cc2n(n1)C[C@H](c1ccc(Cl)cc1)OC2. The van der Waals surface area contributed by atoms with Crippen LogP contribution in [-0.2, 0) is 17.9 Å². The zero-order valence-corrected chi connectivity index (χ0v) is 15.2. The number of aromatic nitrogens is 2. The first-order valence-electron chi connectivity index (χ1n) is 8.09. The number of halogens is 2. The molecule has 0 bridgehead atoms. The van der Waals surface area contributed by atoms with Crippen LogP contribution in [-0.4, -0.2) is 15.7 Å². The Kier molecular flexibility index (Phi) is 4.68. The number of benzene rings is 2. The number of nitrogens with one attached hydrogen (secondary N) is 1. The Hall–Kier alpha value is -2.34. The Balaban J connectivity index is 1.49. The molecule has 0 saturated heterocycles. The van der Waals surface area contributed by atoms with Crippen LogP contribution >= 0.6 is 23.2 Å². The first kappa shape index (κ1) is 17.1. The van der Waals surface area contributed by atoms with Gasteiger partial charge in [-0.25, -0.2) is 0 Å². The van der Waals surface area contributed by atoms with Gasteiger partial charge in [0.25, 0.3) is 5.91 Å². The fourth-order valence-corrected chi connectivity index (χ4v) is 3.10. The van der Waals surface area contributed by atoms with E-state index >= 15 is 0 Å². The third kappa shape index (κ3) is 3.60. The third-order valence-corrected chi connectivity index (χ3v) is 4.71. The lowest BCUT2D eigenvalue weighted by Crippen LogP contribution is -2.22. The van der Waals surface area contributed by atoms with Crippen molar-refractivity contribution in [2.75, 3.05) is 5.32 Å². The van der Waals surface area contributed by atoms with Crippen LogP contribution in [0.3, 0.4) is 0 Å². The van der Waals surface area contributed by atoms with Gasteiger partial charge in [0, 0.05) is 15.7 Å². The zero-order chi connectivity index (χ0) is 18.1. The molecule has 2 aromatic carbocycles. The molecule has 1 aromatic heterocycles. The van der Waals surface area contributed by atoms with Gasteiger partial charge in [-0.05, 0) is 48.0 Å². The van der Waals surface area contributed by atoms with E-state index in [4.69, 9.17) is 27.9 Å². The van der Waals surface area contributed by atoms with E-state index in [1.54, 1.807) is 30.3 Å². The molecule has 0 saturated carbocycles. The fraction of sp³-hybridized carbons (Fsp3) is 0.158. The maximum absolute atomic E-state index is 12.4. The summed E-state index contributed by atoms with van der Waals surface area (Å²) >= 11 is 11.8. The average Bonchev–Trinajstić information content (AvgIpc) is 3.08. The van der Waals surface area contributed by atoms with Gasteiger partial charge in [-0.1, -0.05) is 35.3 Å². The van der Waals surface area contributed by atoms with Gasteiger partial charge in [-0.3, -0.25) is 9.48 Å². The molecular formula is C19H15Cl2N3O2. The summed E-state index contributed by atoms with van der Waals surface area (Å²) in [4.78, 5) is 12.4. The molecule has 5 nitrogen and oxygen atoms in total. The van der Waals surface area contributed by atoms with Crippen molar-refractivity contribution in [3.63, 3.8) is 0 Å². The van der Waals surface area contributed by atoms with E-state index in [9.17, 15) is 4.79 Å². The van der Waals surface area contributed by atoms with Crippen LogP contribution in [0.25, 0.3) is 0 Å². The van der Waals surface area contributed by atoms with E-state index in [0.29, 0.717) is 34.6 Å². The number of hydrogen-bond acceptors (Lipinski definition) is 3. The second-order valence-electron chi connectivity index (χ2n) is 6.02. The Labute approximate surface area is 160 Å². The third-order valence-electron chi connectivity index (χ3n) is 4.21. The smallest absolute Gasteiger partial charge is 0.276 e. The van der Waals surface area contributed by atoms with Crippen LogP contribution in [0, 0.1) is 0 Å². The molecule has 0 unspecified atom stereocenters. The van der Waals surface area contributed by atoms with Crippen molar-refractivity contribution >= 4 is 34.8 Å². The highest BCUT2D eigenvalue weighted by Gasteiger charge is 2.24. The molecule has 3 aromatic rings. The summed E-state index contributed by atoms with van der Waals surface area (Å²) in [6, 6.07) is 16.2. The lowest BCUT2D eigenvalue weighted by atomic mass is 10.1. The van der Waals surface area contributed by atoms with E-state index in [1.807, 2.05) is 28.9 Å². The molecular weight excluding hydrogens is 373 g/mol. The van der Waals surface area contributed by atoms with Crippen LogP contribution in [0.5, 0.6) is 0 Å². The zero-order valence-electron chi connectivity index (χ0n) is 13.7. The second kappa shape index (κ2) is 7.11. The summed E-state index contributed by atoms with van der Waals surface area (Å²) in [6.45, 7) is 0.944. The standard InChI is InChI=1S/C19H15Cl2N3O2/c20-13-3-1-12(2-4-13)18-10-24-16(11-26-18)9-17(23-24)19(25)22-15-7-5-14(21)6-8-15/h1-9,18H,10-11H2,(H,22,25)/t18-/m1/s1. The Morgan fingerprint density at radius 2 is 1.73 bits per heavy atom. The van der Waals surface area contributed by atoms with Crippen molar-refractivity contribution in [1.29, 1.82) is 0 Å². The van der Waals surface area contributed by atoms with E-state index in [0.717, 1.165) is 11.3 Å². The van der Waals surface area contributed by atoms with E-state index < -0.39 is 0 Å². The summed E-state index contributed by atoms with van der Waals surface area (Å²) in [6.07, 6.45) is -0.119. The topological polar surface area (TPSA) is 56.2 Å². The minimum absolute atomic E-state index is 0.119. The molecule has 132 valence electrons. The molecule has 2 heterocycles. The van der Waals surface area contributed by atoms with E-state index in [1.165, 1.54) is 0 Å². The first-order valence-corrected chi connectivity index (χ1v) is 8.85. The lowest BCUT2D eigenvalue weighted by Gasteiger charge is -2.24. The van der Waals surface area contributed by atoms with Gasteiger partial charge in [0.15, 0.2) is 5.69 Å². The van der Waals surface area contributed by atoms with Crippen molar-refractivity contribution in [1.82, 2.24) is 9.78 Å².